The Morgan fingerprint density at radius 3 is 3.00 bits per heavy atom. The van der Waals surface area contributed by atoms with Crippen molar-refractivity contribution < 1.29 is 14.6 Å². The molecule has 0 aromatic heterocycles. The molecule has 0 aromatic carbocycles. The zero-order valence-electron chi connectivity index (χ0n) is 8.87. The van der Waals surface area contributed by atoms with Crippen molar-refractivity contribution >= 4 is 0 Å². The summed E-state index contributed by atoms with van der Waals surface area (Å²) in [6, 6.07) is 0. The van der Waals surface area contributed by atoms with Crippen molar-refractivity contribution in [3.05, 3.63) is 0 Å². The van der Waals surface area contributed by atoms with Gasteiger partial charge in [0.1, 0.15) is 5.60 Å². The lowest BCUT2D eigenvalue weighted by molar-refractivity contribution is 0.0348. The largest absolute Gasteiger partial charge is 0.393 e. The molecule has 3 nitrogen and oxygen atoms in total. The average Bonchev–Trinajstić information content (AvgIpc) is 2.84. The predicted molar refractivity (Wildman–Crippen MR) is 53.1 cm³/mol. The first-order valence-electron chi connectivity index (χ1n) is 5.70. The number of epoxide rings is 1. The van der Waals surface area contributed by atoms with E-state index < -0.39 is 0 Å². The molecule has 0 radical (unpaired) electrons. The first-order chi connectivity index (χ1) is 6.83. The number of unbranched alkanes of at least 4 members (excludes halogenated alkanes) is 1. The summed E-state index contributed by atoms with van der Waals surface area (Å²) in [5, 5.41) is 9.26. The van der Waals surface area contributed by atoms with Crippen molar-refractivity contribution in [2.45, 2.75) is 44.3 Å². The fraction of sp³-hybridized carbons (Fsp3) is 1.00. The van der Waals surface area contributed by atoms with E-state index >= 15 is 0 Å². The molecule has 0 amide bonds. The van der Waals surface area contributed by atoms with Gasteiger partial charge in [-0.1, -0.05) is 13.3 Å². The van der Waals surface area contributed by atoms with Gasteiger partial charge in [0.2, 0.25) is 0 Å². The van der Waals surface area contributed by atoms with E-state index in [2.05, 4.69) is 6.92 Å². The summed E-state index contributed by atoms with van der Waals surface area (Å²) >= 11 is 0. The molecule has 0 spiro atoms. The highest BCUT2D eigenvalue weighted by molar-refractivity contribution is 5.12. The fourth-order valence-electron chi connectivity index (χ4n) is 2.45. The number of hydrogen-bond acceptors (Lipinski definition) is 3. The molecule has 3 atom stereocenters. The van der Waals surface area contributed by atoms with Crippen molar-refractivity contribution in [3.8, 4) is 0 Å². The third-order valence-electron chi connectivity index (χ3n) is 3.53. The van der Waals surface area contributed by atoms with Gasteiger partial charge >= 0.3 is 0 Å². The zero-order chi connectivity index (χ0) is 10.0. The predicted octanol–water partition coefficient (Wildman–Crippen LogP) is 1.34. The van der Waals surface area contributed by atoms with E-state index in [1.165, 1.54) is 6.42 Å². The highest BCUT2D eigenvalue weighted by atomic mass is 16.6. The molecular formula is C11H20O3. The number of fused-ring (bicyclic) bond motifs is 1. The van der Waals surface area contributed by atoms with Crippen molar-refractivity contribution in [1.29, 1.82) is 0 Å². The lowest BCUT2D eigenvalue weighted by Crippen LogP contribution is -2.30. The summed E-state index contributed by atoms with van der Waals surface area (Å²) in [7, 11) is 0. The van der Waals surface area contributed by atoms with E-state index in [-0.39, 0.29) is 12.2 Å². The smallest absolute Gasteiger partial charge is 0.123 e. The standard InChI is InChI=1S/C11H20O3/c1-2-3-6-13-7-9-4-5-10-11(9,8-12)14-10/h9-10,12H,2-8H2,1H3/t9-,10+,11-/m0/s1. The Bertz CT molecular complexity index is 191. The molecule has 2 rings (SSSR count). The van der Waals surface area contributed by atoms with Gasteiger partial charge in [0.05, 0.1) is 19.3 Å². The second kappa shape index (κ2) is 4.17. The molecule has 0 unspecified atom stereocenters. The average molecular weight is 200 g/mol. The van der Waals surface area contributed by atoms with E-state index in [9.17, 15) is 5.11 Å². The van der Waals surface area contributed by atoms with E-state index in [0.717, 1.165) is 32.5 Å². The minimum atomic E-state index is -0.202. The molecule has 1 heterocycles. The highest BCUT2D eigenvalue weighted by Gasteiger charge is 2.64. The van der Waals surface area contributed by atoms with Crippen LogP contribution in [-0.2, 0) is 9.47 Å². The molecule has 1 aliphatic heterocycles. The monoisotopic (exact) mass is 200 g/mol. The van der Waals surface area contributed by atoms with E-state index in [0.29, 0.717) is 12.0 Å². The summed E-state index contributed by atoms with van der Waals surface area (Å²) in [6.45, 7) is 3.93. The molecular weight excluding hydrogens is 180 g/mol. The van der Waals surface area contributed by atoms with Crippen LogP contribution in [-0.4, -0.2) is 36.6 Å². The summed E-state index contributed by atoms with van der Waals surface area (Å²) in [6.07, 6.45) is 4.88. The van der Waals surface area contributed by atoms with Crippen LogP contribution in [0.25, 0.3) is 0 Å². The first kappa shape index (κ1) is 10.4. The number of rotatable bonds is 6. The van der Waals surface area contributed by atoms with Gasteiger partial charge in [-0.25, -0.2) is 0 Å². The van der Waals surface area contributed by atoms with Crippen molar-refractivity contribution in [2.75, 3.05) is 19.8 Å². The van der Waals surface area contributed by atoms with Crippen LogP contribution < -0.4 is 0 Å². The zero-order valence-corrected chi connectivity index (χ0v) is 8.87. The third kappa shape index (κ3) is 1.69. The van der Waals surface area contributed by atoms with Gasteiger partial charge in [0.25, 0.3) is 0 Å². The quantitative estimate of drug-likeness (QED) is 0.519. The van der Waals surface area contributed by atoms with Crippen LogP contribution in [0.3, 0.4) is 0 Å². The van der Waals surface area contributed by atoms with E-state index in [1.807, 2.05) is 0 Å². The molecule has 82 valence electrons. The normalized spacial score (nSPS) is 39.9. The Hall–Kier alpha value is -0.120. The van der Waals surface area contributed by atoms with Gasteiger partial charge in [-0.15, -0.1) is 0 Å². The van der Waals surface area contributed by atoms with Gasteiger partial charge in [0.15, 0.2) is 0 Å². The Morgan fingerprint density at radius 1 is 1.50 bits per heavy atom. The number of aliphatic hydroxyl groups excluding tert-OH is 1. The maximum Gasteiger partial charge on any atom is 0.123 e. The number of ether oxygens (including phenoxy) is 2. The summed E-state index contributed by atoms with van der Waals surface area (Å²) in [4.78, 5) is 0. The van der Waals surface area contributed by atoms with Crippen molar-refractivity contribution in [3.63, 3.8) is 0 Å². The molecule has 1 saturated heterocycles. The minimum absolute atomic E-state index is 0.166. The Morgan fingerprint density at radius 2 is 2.36 bits per heavy atom. The Labute approximate surface area is 85.4 Å². The van der Waals surface area contributed by atoms with E-state index in [1.54, 1.807) is 0 Å². The molecule has 3 heteroatoms. The molecule has 2 fully saturated rings. The van der Waals surface area contributed by atoms with E-state index in [4.69, 9.17) is 9.47 Å². The SMILES string of the molecule is CCCCOC[C@@H]1CC[C@H]2O[C@@]12CO. The molecule has 1 N–H and O–H groups in total. The lowest BCUT2D eigenvalue weighted by atomic mass is 9.96. The second-order valence-electron chi connectivity index (χ2n) is 4.42. The minimum Gasteiger partial charge on any atom is -0.393 e. The number of aliphatic hydroxyl groups is 1. The summed E-state index contributed by atoms with van der Waals surface area (Å²) in [5.41, 5.74) is -0.202. The van der Waals surface area contributed by atoms with Crippen LogP contribution in [0.1, 0.15) is 32.6 Å². The fourth-order valence-corrected chi connectivity index (χ4v) is 2.45. The maximum atomic E-state index is 9.26. The van der Waals surface area contributed by atoms with Crippen molar-refractivity contribution in [1.82, 2.24) is 0 Å². The highest BCUT2D eigenvalue weighted by Crippen LogP contribution is 2.53. The summed E-state index contributed by atoms with van der Waals surface area (Å²) < 4.78 is 11.1. The molecule has 1 aliphatic carbocycles. The first-order valence-corrected chi connectivity index (χ1v) is 5.70. The van der Waals surface area contributed by atoms with Crippen LogP contribution in [0, 0.1) is 5.92 Å². The second-order valence-corrected chi connectivity index (χ2v) is 4.42. The van der Waals surface area contributed by atoms with Crippen LogP contribution in [0.2, 0.25) is 0 Å². The Balaban J connectivity index is 1.70. The van der Waals surface area contributed by atoms with Gasteiger partial charge in [-0.2, -0.15) is 0 Å². The van der Waals surface area contributed by atoms with Gasteiger partial charge in [0, 0.05) is 12.5 Å². The number of hydrogen-bond donors (Lipinski definition) is 1. The molecule has 0 aromatic rings. The van der Waals surface area contributed by atoms with Crippen LogP contribution in [0.4, 0.5) is 0 Å². The van der Waals surface area contributed by atoms with Gasteiger partial charge < -0.3 is 14.6 Å². The van der Waals surface area contributed by atoms with Crippen LogP contribution >= 0.6 is 0 Å². The molecule has 0 bridgehead atoms. The third-order valence-corrected chi connectivity index (χ3v) is 3.53. The van der Waals surface area contributed by atoms with Crippen LogP contribution in [0.5, 0.6) is 0 Å². The van der Waals surface area contributed by atoms with Gasteiger partial charge in [-0.05, 0) is 19.3 Å². The lowest BCUT2D eigenvalue weighted by Gasteiger charge is -2.18. The van der Waals surface area contributed by atoms with Gasteiger partial charge in [-0.3, -0.25) is 0 Å². The van der Waals surface area contributed by atoms with Crippen LogP contribution in [0.15, 0.2) is 0 Å². The molecule has 1 saturated carbocycles. The molecule has 14 heavy (non-hydrogen) atoms. The topological polar surface area (TPSA) is 42.0 Å². The maximum absolute atomic E-state index is 9.26. The molecule has 2 aliphatic rings. The van der Waals surface area contributed by atoms with Crippen molar-refractivity contribution in [2.24, 2.45) is 5.92 Å². The Kier molecular flexibility index (Phi) is 3.10. The summed E-state index contributed by atoms with van der Waals surface area (Å²) in [5.74, 6) is 0.425.